The number of anilines is 1. The van der Waals surface area contributed by atoms with E-state index in [-0.39, 0.29) is 5.92 Å². The third kappa shape index (κ3) is 3.94. The maximum absolute atomic E-state index is 12.1. The number of hydrogen-bond donors (Lipinski definition) is 2. The van der Waals surface area contributed by atoms with Crippen molar-refractivity contribution < 1.29 is 4.79 Å². The number of benzene rings is 1. The van der Waals surface area contributed by atoms with E-state index in [4.69, 9.17) is 23.2 Å². The maximum Gasteiger partial charge on any atom is 0.363 e. The average Bonchev–Trinajstić information content (AvgIpc) is 3.20. The summed E-state index contributed by atoms with van der Waals surface area (Å²) >= 11 is 6.18. The lowest BCUT2D eigenvalue weighted by Gasteiger charge is -2.31. The Balaban J connectivity index is 1.69. The lowest BCUT2D eigenvalue weighted by Crippen LogP contribution is -2.36. The minimum Gasteiger partial charge on any atom is -0.384 e. The second kappa shape index (κ2) is 9.11. The monoisotopic (exact) mass is 474 g/mol. The van der Waals surface area contributed by atoms with Gasteiger partial charge in [0.05, 0.1) is 17.4 Å². The van der Waals surface area contributed by atoms with Crippen molar-refractivity contribution in [1.82, 2.24) is 19.4 Å². The number of piperidine rings is 1. The van der Waals surface area contributed by atoms with Gasteiger partial charge in [0.15, 0.2) is 0 Å². The molecule has 172 valence electrons. The van der Waals surface area contributed by atoms with Crippen LogP contribution in [0.5, 0.6) is 0 Å². The quantitative estimate of drug-likeness (QED) is 0.246. The first-order valence-corrected chi connectivity index (χ1v) is 11.3. The molecule has 1 saturated heterocycles. The lowest BCUT2D eigenvalue weighted by molar-refractivity contribution is 0.189. The van der Waals surface area contributed by atoms with Crippen LogP contribution in [0.2, 0.25) is 5.02 Å². The zero-order valence-corrected chi connectivity index (χ0v) is 19.1. The SMILES string of the molecule is NN=NC(=O)N1CCC(c2c(-c3ccc(N)nc3)n(-c3ccc(Cl)cc3)c3cnccc23)CC1. The van der Waals surface area contributed by atoms with E-state index in [0.717, 1.165) is 40.7 Å². The maximum atomic E-state index is 12.1. The minimum absolute atomic E-state index is 0.213. The number of carbonyl (C=O) groups excluding carboxylic acids is 1. The highest BCUT2D eigenvalue weighted by atomic mass is 35.5. The number of fused-ring (bicyclic) bond motifs is 1. The fourth-order valence-corrected chi connectivity index (χ4v) is 4.86. The highest BCUT2D eigenvalue weighted by molar-refractivity contribution is 6.30. The number of aromatic nitrogens is 3. The van der Waals surface area contributed by atoms with Crippen molar-refractivity contribution in [2.45, 2.75) is 18.8 Å². The largest absolute Gasteiger partial charge is 0.384 e. The summed E-state index contributed by atoms with van der Waals surface area (Å²) in [5.74, 6) is 5.73. The first kappa shape index (κ1) is 21.8. The van der Waals surface area contributed by atoms with Crippen LogP contribution < -0.4 is 11.6 Å². The highest BCUT2D eigenvalue weighted by Crippen LogP contribution is 2.43. The van der Waals surface area contributed by atoms with Gasteiger partial charge in [0.2, 0.25) is 0 Å². The van der Waals surface area contributed by atoms with E-state index in [1.807, 2.05) is 48.8 Å². The molecule has 3 aromatic heterocycles. The molecular formula is C24H23ClN8O. The second-order valence-corrected chi connectivity index (χ2v) is 8.63. The van der Waals surface area contributed by atoms with E-state index >= 15 is 0 Å². The first-order valence-electron chi connectivity index (χ1n) is 10.9. The summed E-state index contributed by atoms with van der Waals surface area (Å²) in [6, 6.07) is 13.2. The van der Waals surface area contributed by atoms with Crippen LogP contribution in [-0.2, 0) is 0 Å². The number of pyridine rings is 2. The van der Waals surface area contributed by atoms with Gasteiger partial charge in [-0.25, -0.2) is 9.78 Å². The summed E-state index contributed by atoms with van der Waals surface area (Å²) in [4.78, 5) is 22.6. The van der Waals surface area contributed by atoms with Crippen LogP contribution in [0.25, 0.3) is 27.8 Å². The van der Waals surface area contributed by atoms with Crippen molar-refractivity contribution in [1.29, 1.82) is 0 Å². The van der Waals surface area contributed by atoms with Crippen LogP contribution in [0.4, 0.5) is 10.6 Å². The van der Waals surface area contributed by atoms with Crippen LogP contribution in [0.15, 0.2) is 71.4 Å². The van der Waals surface area contributed by atoms with E-state index in [1.165, 1.54) is 5.56 Å². The van der Waals surface area contributed by atoms with Crippen molar-refractivity contribution in [3.05, 3.63) is 71.6 Å². The number of likely N-dealkylation sites (tertiary alicyclic amines) is 1. The second-order valence-electron chi connectivity index (χ2n) is 8.20. The zero-order chi connectivity index (χ0) is 23.7. The molecule has 0 bridgehead atoms. The van der Waals surface area contributed by atoms with Gasteiger partial charge < -0.3 is 21.0 Å². The fraction of sp³-hybridized carbons (Fsp3) is 0.208. The number of rotatable bonds is 3. The number of hydrogen-bond acceptors (Lipinski definition) is 5. The molecule has 0 unspecified atom stereocenters. The Bertz CT molecular complexity index is 1360. The summed E-state index contributed by atoms with van der Waals surface area (Å²) in [5.41, 5.74) is 11.0. The highest BCUT2D eigenvalue weighted by Gasteiger charge is 2.30. The van der Waals surface area contributed by atoms with Crippen LogP contribution in [0, 0.1) is 0 Å². The summed E-state index contributed by atoms with van der Waals surface area (Å²) in [6.45, 7) is 1.14. The molecule has 1 fully saturated rings. The molecule has 0 spiro atoms. The summed E-state index contributed by atoms with van der Waals surface area (Å²) < 4.78 is 2.20. The van der Waals surface area contributed by atoms with Crippen molar-refractivity contribution >= 4 is 34.4 Å². The molecule has 1 aliphatic heterocycles. The number of nitrogens with two attached hydrogens (primary N) is 2. The molecule has 0 saturated carbocycles. The molecule has 0 aliphatic carbocycles. The van der Waals surface area contributed by atoms with E-state index < -0.39 is 6.03 Å². The van der Waals surface area contributed by atoms with Crippen LogP contribution in [-0.4, -0.2) is 38.6 Å². The number of halogens is 1. The normalized spacial score (nSPS) is 14.8. The molecule has 4 heterocycles. The number of urea groups is 1. The number of carbonyl (C=O) groups is 1. The van der Waals surface area contributed by atoms with Gasteiger partial charge in [-0.05, 0) is 66.8 Å². The third-order valence-electron chi connectivity index (χ3n) is 6.27. The van der Waals surface area contributed by atoms with Gasteiger partial charge in [-0.3, -0.25) is 4.98 Å². The molecule has 34 heavy (non-hydrogen) atoms. The molecule has 0 atom stereocenters. The Labute approximate surface area is 201 Å². The number of amides is 2. The fourth-order valence-electron chi connectivity index (χ4n) is 4.73. The van der Waals surface area contributed by atoms with Crippen LogP contribution >= 0.6 is 11.6 Å². The third-order valence-corrected chi connectivity index (χ3v) is 6.52. The predicted molar refractivity (Wildman–Crippen MR) is 132 cm³/mol. The van der Waals surface area contributed by atoms with Gasteiger partial charge in [-0.1, -0.05) is 21.9 Å². The molecule has 4 N–H and O–H groups in total. The standard InChI is InChI=1S/C24H23ClN8O/c25-17-2-4-18(5-3-17)33-20-14-28-10-7-19(20)22(23(33)16-1-6-21(26)29-13-16)15-8-11-32(12-9-15)24(34)30-31-27/h1-7,10,13-15H,8-9,11-12H2,(H2,26,29)(H2,27,30,34). The summed E-state index contributed by atoms with van der Waals surface area (Å²) in [5, 5.41) is 8.38. The van der Waals surface area contributed by atoms with Crippen molar-refractivity contribution in [3.63, 3.8) is 0 Å². The van der Waals surface area contributed by atoms with Gasteiger partial charge in [0.25, 0.3) is 0 Å². The molecule has 0 radical (unpaired) electrons. The van der Waals surface area contributed by atoms with Crippen LogP contribution in [0.3, 0.4) is 0 Å². The van der Waals surface area contributed by atoms with Gasteiger partial charge in [0.1, 0.15) is 5.82 Å². The lowest BCUT2D eigenvalue weighted by atomic mass is 9.86. The number of nitrogen functional groups attached to an aromatic ring is 1. The van der Waals surface area contributed by atoms with E-state index in [0.29, 0.717) is 23.9 Å². The molecule has 1 aliphatic rings. The van der Waals surface area contributed by atoms with Crippen molar-refractivity contribution in [3.8, 4) is 16.9 Å². The molecule has 2 amide bonds. The van der Waals surface area contributed by atoms with E-state index in [1.54, 1.807) is 17.2 Å². The molecule has 5 rings (SSSR count). The van der Waals surface area contributed by atoms with Gasteiger partial charge in [-0.2, -0.15) is 0 Å². The number of nitrogens with zero attached hydrogens (tertiary/aromatic N) is 6. The first-order chi connectivity index (χ1) is 16.6. The minimum atomic E-state index is -0.406. The molecule has 9 nitrogen and oxygen atoms in total. The zero-order valence-electron chi connectivity index (χ0n) is 18.3. The Hall–Kier alpha value is -3.98. The van der Waals surface area contributed by atoms with Crippen molar-refractivity contribution in [2.75, 3.05) is 18.8 Å². The van der Waals surface area contributed by atoms with Crippen LogP contribution in [0.1, 0.15) is 24.3 Å². The van der Waals surface area contributed by atoms with Gasteiger partial charge in [-0.15, -0.1) is 0 Å². The smallest absolute Gasteiger partial charge is 0.363 e. The van der Waals surface area contributed by atoms with E-state index in [9.17, 15) is 4.79 Å². The van der Waals surface area contributed by atoms with Crippen molar-refractivity contribution in [2.24, 2.45) is 16.2 Å². The molecule has 1 aromatic carbocycles. The Kier molecular flexibility index (Phi) is 5.85. The molecule has 10 heteroatoms. The Morgan fingerprint density at radius 2 is 1.82 bits per heavy atom. The van der Waals surface area contributed by atoms with E-state index in [2.05, 4.69) is 24.9 Å². The summed E-state index contributed by atoms with van der Waals surface area (Å²) in [6.07, 6.45) is 7.05. The van der Waals surface area contributed by atoms with Gasteiger partial charge >= 0.3 is 6.03 Å². The Morgan fingerprint density at radius 1 is 1.06 bits per heavy atom. The molecule has 4 aromatic rings. The topological polar surface area (TPSA) is 128 Å². The Morgan fingerprint density at radius 3 is 2.50 bits per heavy atom. The van der Waals surface area contributed by atoms with Gasteiger partial charge in [0, 0.05) is 47.1 Å². The summed E-state index contributed by atoms with van der Waals surface area (Å²) in [7, 11) is 0. The average molecular weight is 475 g/mol. The molecular weight excluding hydrogens is 452 g/mol. The predicted octanol–water partition coefficient (Wildman–Crippen LogP) is 4.95.